The second kappa shape index (κ2) is 17.5. The van der Waals surface area contributed by atoms with Gasteiger partial charge in [-0.25, -0.2) is 4.98 Å². The number of rotatable bonds is 16. The Bertz CT molecular complexity index is 1840. The van der Waals surface area contributed by atoms with Crippen molar-refractivity contribution in [2.24, 2.45) is 0 Å². The van der Waals surface area contributed by atoms with Gasteiger partial charge in [0.2, 0.25) is 29.5 Å². The van der Waals surface area contributed by atoms with Gasteiger partial charge < -0.3 is 35.5 Å². The fraction of sp³-hybridized carbons (Fsp3) is 0.351. The van der Waals surface area contributed by atoms with Gasteiger partial charge in [-0.15, -0.1) is 0 Å². The number of amides is 2. The summed E-state index contributed by atoms with van der Waals surface area (Å²) < 4.78 is 17.6. The molecule has 264 valence electrons. The summed E-state index contributed by atoms with van der Waals surface area (Å²) in [6.07, 6.45) is 2.01. The molecule has 0 unspecified atom stereocenters. The maximum atomic E-state index is 11.5. The number of hydrogen-bond acceptors (Lipinski definition) is 9. The molecule has 0 aliphatic heterocycles. The third kappa shape index (κ3) is 8.65. The minimum Gasteiger partial charge on any atom is -0.481 e. The summed E-state index contributed by atoms with van der Waals surface area (Å²) in [7, 11) is 6.38. The molecule has 0 bridgehead atoms. The number of halogens is 2. The summed E-state index contributed by atoms with van der Waals surface area (Å²) in [6, 6.07) is 17.8. The van der Waals surface area contributed by atoms with Crippen molar-refractivity contribution in [2.75, 3.05) is 41.4 Å². The third-order valence-corrected chi connectivity index (χ3v) is 9.27. The van der Waals surface area contributed by atoms with Gasteiger partial charge in [-0.1, -0.05) is 65.7 Å². The first kappa shape index (κ1) is 36.9. The van der Waals surface area contributed by atoms with E-state index >= 15 is 0 Å². The van der Waals surface area contributed by atoms with Gasteiger partial charge in [-0.05, 0) is 41.7 Å². The predicted octanol–water partition coefficient (Wildman–Crippen LogP) is 5.65. The second-order valence-electron chi connectivity index (χ2n) is 11.7. The Morgan fingerprint density at radius 3 is 2.08 bits per heavy atom. The average molecular weight is 722 g/mol. The lowest BCUT2D eigenvalue weighted by Gasteiger charge is -2.18. The van der Waals surface area contributed by atoms with Crippen molar-refractivity contribution in [3.05, 3.63) is 86.9 Å². The van der Waals surface area contributed by atoms with Crippen molar-refractivity contribution in [2.45, 2.75) is 44.9 Å². The van der Waals surface area contributed by atoms with Crippen LogP contribution in [0.25, 0.3) is 22.4 Å². The molecule has 2 aromatic carbocycles. The molecule has 4 N–H and O–H groups in total. The van der Waals surface area contributed by atoms with E-state index in [0.29, 0.717) is 72.4 Å². The monoisotopic (exact) mass is 720 g/mol. The lowest BCUT2D eigenvalue weighted by Crippen LogP contribution is -2.24. The molecule has 2 amide bonds. The molecule has 0 saturated heterocycles. The highest BCUT2D eigenvalue weighted by atomic mass is 35.5. The average Bonchev–Trinajstić information content (AvgIpc) is 3.55. The topological polar surface area (TPSA) is 136 Å². The number of pyridine rings is 2. The highest BCUT2D eigenvalue weighted by molar-refractivity contribution is 6.36. The molecule has 2 aromatic heterocycles. The number of fused-ring (bicyclic) bond motifs is 1. The summed E-state index contributed by atoms with van der Waals surface area (Å²) in [5, 5.41) is 12.7. The van der Waals surface area contributed by atoms with Crippen LogP contribution in [-0.4, -0.2) is 63.2 Å². The van der Waals surface area contributed by atoms with Gasteiger partial charge in [0.15, 0.2) is 0 Å². The van der Waals surface area contributed by atoms with Crippen molar-refractivity contribution in [3.63, 3.8) is 0 Å². The van der Waals surface area contributed by atoms with Crippen LogP contribution in [0.4, 0.5) is 0 Å². The van der Waals surface area contributed by atoms with Gasteiger partial charge in [0.1, 0.15) is 11.1 Å². The number of nitrogens with zero attached hydrogens (tertiary/aromatic N) is 2. The number of methoxy groups -OCH3 is 2. The van der Waals surface area contributed by atoms with Crippen LogP contribution in [0.2, 0.25) is 10.0 Å². The van der Waals surface area contributed by atoms with E-state index in [-0.39, 0.29) is 17.9 Å². The number of nitrogens with one attached hydrogen (secondary N) is 4. The molecule has 1 aliphatic carbocycles. The van der Waals surface area contributed by atoms with Gasteiger partial charge in [0.05, 0.1) is 24.9 Å². The van der Waals surface area contributed by atoms with Crippen LogP contribution in [0.15, 0.2) is 54.6 Å². The number of hydrogen-bond donors (Lipinski definition) is 4. The highest BCUT2D eigenvalue weighted by Crippen LogP contribution is 2.44. The van der Waals surface area contributed by atoms with Gasteiger partial charge >= 0.3 is 0 Å². The fourth-order valence-electron chi connectivity index (χ4n) is 5.97. The predicted molar refractivity (Wildman–Crippen MR) is 195 cm³/mol. The highest BCUT2D eigenvalue weighted by Gasteiger charge is 2.29. The first-order valence-corrected chi connectivity index (χ1v) is 17.2. The Morgan fingerprint density at radius 1 is 0.780 bits per heavy atom. The van der Waals surface area contributed by atoms with Gasteiger partial charge in [0.25, 0.3) is 0 Å². The first-order valence-electron chi connectivity index (χ1n) is 16.5. The summed E-state index contributed by atoms with van der Waals surface area (Å²) in [5.74, 6) is 1.14. The van der Waals surface area contributed by atoms with E-state index in [1.807, 2.05) is 36.4 Å². The SMILES string of the molecule is CNC(=O)CCNCc1ccc(-c2cccc(-c3cccc4c3CC[C@@H]4Oc3nc(OC)c(CNCCC(=O)NC)cc3Cl)c2Cl)nc1OC. The summed E-state index contributed by atoms with van der Waals surface area (Å²) >= 11 is 13.8. The zero-order valence-corrected chi connectivity index (χ0v) is 30.1. The van der Waals surface area contributed by atoms with Gasteiger partial charge in [-0.3, -0.25) is 9.59 Å². The molecule has 5 rings (SSSR count). The Hall–Kier alpha value is -4.42. The summed E-state index contributed by atoms with van der Waals surface area (Å²) in [6.45, 7) is 1.99. The fourth-order valence-corrected chi connectivity index (χ4v) is 6.52. The van der Waals surface area contributed by atoms with Crippen LogP contribution in [0.5, 0.6) is 17.6 Å². The lowest BCUT2D eigenvalue weighted by molar-refractivity contribution is -0.121. The van der Waals surface area contributed by atoms with Crippen molar-refractivity contribution < 1.29 is 23.8 Å². The molecule has 0 spiro atoms. The molecular formula is C37H42Cl2N6O5. The van der Waals surface area contributed by atoms with E-state index in [9.17, 15) is 9.59 Å². The van der Waals surface area contributed by atoms with Crippen molar-refractivity contribution in [1.82, 2.24) is 31.2 Å². The van der Waals surface area contributed by atoms with E-state index in [0.717, 1.165) is 51.8 Å². The van der Waals surface area contributed by atoms with Crippen LogP contribution in [0, 0.1) is 0 Å². The van der Waals surface area contributed by atoms with E-state index in [1.54, 1.807) is 34.4 Å². The Kier molecular flexibility index (Phi) is 12.9. The maximum Gasteiger partial charge on any atom is 0.236 e. The Balaban J connectivity index is 1.34. The molecule has 0 fully saturated rings. The van der Waals surface area contributed by atoms with E-state index in [2.05, 4.69) is 38.4 Å². The lowest BCUT2D eigenvalue weighted by atomic mass is 9.94. The van der Waals surface area contributed by atoms with E-state index in [1.165, 1.54) is 0 Å². The van der Waals surface area contributed by atoms with Crippen molar-refractivity contribution >= 4 is 35.0 Å². The zero-order chi connectivity index (χ0) is 35.6. The van der Waals surface area contributed by atoms with Crippen LogP contribution in [-0.2, 0) is 29.1 Å². The zero-order valence-electron chi connectivity index (χ0n) is 28.6. The summed E-state index contributed by atoms with van der Waals surface area (Å²) in [4.78, 5) is 32.4. The van der Waals surface area contributed by atoms with Gasteiger partial charge in [-0.2, -0.15) is 4.98 Å². The van der Waals surface area contributed by atoms with Crippen molar-refractivity contribution in [3.8, 4) is 40.0 Å². The molecule has 4 aromatic rings. The molecular weight excluding hydrogens is 679 g/mol. The molecule has 0 radical (unpaired) electrons. The quantitative estimate of drug-likeness (QED) is 0.108. The van der Waals surface area contributed by atoms with E-state index in [4.69, 9.17) is 42.4 Å². The molecule has 0 saturated carbocycles. The molecule has 50 heavy (non-hydrogen) atoms. The molecule has 13 heteroatoms. The first-order chi connectivity index (χ1) is 24.3. The van der Waals surface area contributed by atoms with Gasteiger partial charge in [0, 0.05) is 75.4 Å². The molecule has 1 aliphatic rings. The Labute approximate surface area is 302 Å². The van der Waals surface area contributed by atoms with Crippen LogP contribution in [0.1, 0.15) is 47.6 Å². The number of carbonyl (C=O) groups excluding carboxylic acids is 2. The number of carbonyl (C=O) groups is 2. The van der Waals surface area contributed by atoms with Crippen LogP contribution in [0.3, 0.4) is 0 Å². The normalized spacial score (nSPS) is 13.4. The van der Waals surface area contributed by atoms with E-state index < -0.39 is 0 Å². The number of ether oxygens (including phenoxy) is 3. The molecule has 2 heterocycles. The standard InChI is InChI=1S/C37H42Cl2N6O5/c1-40-32(46)15-17-42-20-22-11-13-30(44-35(22)48-3)28-10-6-9-27(34(28)39)24-7-5-8-26-25(24)12-14-31(26)50-37-29(38)19-23(36(45-37)49-4)21-43-18-16-33(47)41-2/h5-11,13,19,31,42-43H,12,14-18,20-21H2,1-4H3,(H,40,46)(H,41,47)/t31-/m0/s1. The second-order valence-corrected chi connectivity index (χ2v) is 12.5. The molecule has 11 nitrogen and oxygen atoms in total. The van der Waals surface area contributed by atoms with Crippen LogP contribution >= 0.6 is 23.2 Å². The number of benzene rings is 2. The smallest absolute Gasteiger partial charge is 0.236 e. The minimum absolute atomic E-state index is 0.0201. The number of aromatic nitrogens is 2. The third-order valence-electron chi connectivity index (χ3n) is 8.59. The minimum atomic E-state index is -0.262. The summed E-state index contributed by atoms with van der Waals surface area (Å²) in [5.41, 5.74) is 7.25. The molecule has 1 atom stereocenters. The largest absolute Gasteiger partial charge is 0.481 e. The Morgan fingerprint density at radius 2 is 1.40 bits per heavy atom. The van der Waals surface area contributed by atoms with Crippen molar-refractivity contribution in [1.29, 1.82) is 0 Å². The van der Waals surface area contributed by atoms with Crippen LogP contribution < -0.4 is 35.5 Å². The maximum absolute atomic E-state index is 11.5.